The van der Waals surface area contributed by atoms with Crippen LogP contribution in [0.1, 0.15) is 19.8 Å². The molecule has 0 aromatic heterocycles. The van der Waals surface area contributed by atoms with E-state index in [9.17, 15) is 9.59 Å². The number of rotatable bonds is 3. The van der Waals surface area contributed by atoms with Crippen LogP contribution in [0.25, 0.3) is 0 Å². The zero-order chi connectivity index (χ0) is 10.7. The first-order valence-corrected chi connectivity index (χ1v) is 4.66. The van der Waals surface area contributed by atoms with Crippen molar-refractivity contribution in [1.29, 1.82) is 0 Å². The van der Waals surface area contributed by atoms with Gasteiger partial charge in [0.25, 0.3) is 0 Å². The highest BCUT2D eigenvalue weighted by Gasteiger charge is 2.34. The molecule has 0 bridgehead atoms. The van der Waals surface area contributed by atoms with E-state index < -0.39 is 6.04 Å². The molecular weight excluding hydrogens is 186 g/mol. The number of hydrogen-bond acceptors (Lipinski definition) is 4. The third kappa shape index (κ3) is 2.10. The minimum absolute atomic E-state index is 0.0595. The van der Waals surface area contributed by atoms with Gasteiger partial charge in [-0.15, -0.1) is 0 Å². The van der Waals surface area contributed by atoms with Gasteiger partial charge >= 0.3 is 0 Å². The number of carbonyl (C=O) groups is 2. The first kappa shape index (κ1) is 11.1. The highest BCUT2D eigenvalue weighted by Crippen LogP contribution is 2.20. The second-order valence-electron chi connectivity index (χ2n) is 3.69. The lowest BCUT2D eigenvalue weighted by molar-refractivity contribution is -0.155. The third-order valence-corrected chi connectivity index (χ3v) is 2.37. The second kappa shape index (κ2) is 4.52. The Hall–Kier alpha value is -0.940. The smallest absolute Gasteiger partial charge is 0.229 e. The van der Waals surface area contributed by atoms with Gasteiger partial charge in [0.1, 0.15) is 0 Å². The summed E-state index contributed by atoms with van der Waals surface area (Å²) in [6.07, 6.45) is 0.616. The molecule has 1 aliphatic rings. The molecule has 1 heterocycles. The van der Waals surface area contributed by atoms with Crippen molar-refractivity contribution in [2.45, 2.75) is 25.8 Å². The molecule has 0 atom stereocenters. The zero-order valence-electron chi connectivity index (χ0n) is 8.14. The second-order valence-corrected chi connectivity index (χ2v) is 3.69. The summed E-state index contributed by atoms with van der Waals surface area (Å²) < 4.78 is 0. The molecule has 0 saturated carbocycles. The van der Waals surface area contributed by atoms with Gasteiger partial charge in [0.2, 0.25) is 11.8 Å². The molecule has 0 unspecified atom stereocenters. The van der Waals surface area contributed by atoms with Crippen LogP contribution in [0.15, 0.2) is 0 Å². The van der Waals surface area contributed by atoms with Gasteiger partial charge in [-0.25, -0.2) is 0 Å². The van der Waals surface area contributed by atoms with Crippen molar-refractivity contribution < 1.29 is 19.8 Å². The quantitative estimate of drug-likeness (QED) is 0.581. The Morgan fingerprint density at radius 3 is 2.07 bits per heavy atom. The van der Waals surface area contributed by atoms with Gasteiger partial charge in [0.05, 0.1) is 19.3 Å². The Morgan fingerprint density at radius 1 is 1.29 bits per heavy atom. The first-order valence-electron chi connectivity index (χ1n) is 4.66. The highest BCUT2D eigenvalue weighted by atomic mass is 16.3. The summed E-state index contributed by atoms with van der Waals surface area (Å²) in [5.41, 5.74) is 0. The molecule has 0 aromatic carbocycles. The fraction of sp³-hybridized carbons (Fsp3) is 0.778. The minimum atomic E-state index is -0.775. The summed E-state index contributed by atoms with van der Waals surface area (Å²) in [6.45, 7) is 1.06. The molecule has 80 valence electrons. The summed E-state index contributed by atoms with van der Waals surface area (Å²) >= 11 is 0. The van der Waals surface area contributed by atoms with Crippen LogP contribution in [0.4, 0.5) is 0 Å². The van der Waals surface area contributed by atoms with Gasteiger partial charge in [-0.3, -0.25) is 14.5 Å². The number of amides is 2. The van der Waals surface area contributed by atoms with E-state index in [1.54, 1.807) is 0 Å². The van der Waals surface area contributed by atoms with Gasteiger partial charge in [0.15, 0.2) is 0 Å². The lowest BCUT2D eigenvalue weighted by Crippen LogP contribution is -2.51. The number of nitrogens with zero attached hydrogens (tertiary/aromatic N) is 1. The zero-order valence-corrected chi connectivity index (χ0v) is 8.14. The Labute approximate surface area is 82.3 Å². The van der Waals surface area contributed by atoms with Crippen LogP contribution in [-0.4, -0.2) is 46.2 Å². The third-order valence-electron chi connectivity index (χ3n) is 2.37. The van der Waals surface area contributed by atoms with Crippen LogP contribution in [0.2, 0.25) is 0 Å². The number of aliphatic hydroxyl groups is 2. The first-order chi connectivity index (χ1) is 6.60. The molecule has 1 aliphatic heterocycles. The molecule has 0 radical (unpaired) electrons. The average Bonchev–Trinajstić information content (AvgIpc) is 2.10. The monoisotopic (exact) mass is 201 g/mol. The number of imide groups is 1. The van der Waals surface area contributed by atoms with Gasteiger partial charge in [-0.2, -0.15) is 0 Å². The van der Waals surface area contributed by atoms with Crippen molar-refractivity contribution in [2.75, 3.05) is 13.2 Å². The van der Waals surface area contributed by atoms with Crippen molar-refractivity contribution in [3.63, 3.8) is 0 Å². The SMILES string of the molecule is CC1CC(=O)N(C(CO)CO)C(=O)C1. The molecule has 2 amide bonds. The van der Waals surface area contributed by atoms with Crippen LogP contribution in [0.5, 0.6) is 0 Å². The van der Waals surface area contributed by atoms with Gasteiger partial charge < -0.3 is 10.2 Å². The molecule has 14 heavy (non-hydrogen) atoms. The molecule has 0 aromatic rings. The maximum absolute atomic E-state index is 11.5. The predicted octanol–water partition coefficient (Wildman–Crippen LogP) is -0.875. The van der Waals surface area contributed by atoms with Gasteiger partial charge in [0, 0.05) is 12.8 Å². The lowest BCUT2D eigenvalue weighted by atomic mass is 9.96. The Bertz CT molecular complexity index is 219. The van der Waals surface area contributed by atoms with Crippen LogP contribution < -0.4 is 0 Å². The number of carbonyl (C=O) groups excluding carboxylic acids is 2. The maximum Gasteiger partial charge on any atom is 0.229 e. The Morgan fingerprint density at radius 2 is 1.71 bits per heavy atom. The molecule has 0 spiro atoms. The van der Waals surface area contributed by atoms with E-state index in [1.807, 2.05) is 6.92 Å². The maximum atomic E-state index is 11.5. The summed E-state index contributed by atoms with van der Waals surface area (Å²) in [6, 6.07) is -0.775. The standard InChI is InChI=1S/C9H15NO4/c1-6-2-8(13)10(9(14)3-6)7(4-11)5-12/h6-7,11-12H,2-5H2,1H3. The number of aliphatic hydroxyl groups excluding tert-OH is 2. The normalized spacial score (nSPS) is 19.6. The minimum Gasteiger partial charge on any atom is -0.394 e. The fourth-order valence-electron chi connectivity index (χ4n) is 1.63. The predicted molar refractivity (Wildman–Crippen MR) is 48.2 cm³/mol. The molecule has 5 heteroatoms. The molecule has 1 saturated heterocycles. The number of hydrogen-bond donors (Lipinski definition) is 2. The van der Waals surface area contributed by atoms with Crippen LogP contribution in [-0.2, 0) is 9.59 Å². The lowest BCUT2D eigenvalue weighted by Gasteiger charge is -2.32. The molecule has 5 nitrogen and oxygen atoms in total. The van der Waals surface area contributed by atoms with Gasteiger partial charge in [-0.05, 0) is 5.92 Å². The van der Waals surface area contributed by atoms with E-state index >= 15 is 0 Å². The van der Waals surface area contributed by atoms with Gasteiger partial charge in [-0.1, -0.05) is 6.92 Å². The van der Waals surface area contributed by atoms with E-state index in [-0.39, 0.29) is 30.9 Å². The fourth-order valence-corrected chi connectivity index (χ4v) is 1.63. The van der Waals surface area contributed by atoms with Crippen molar-refractivity contribution in [3.8, 4) is 0 Å². The molecule has 1 fully saturated rings. The summed E-state index contributed by atoms with van der Waals surface area (Å²) in [4.78, 5) is 23.9. The molecule has 0 aliphatic carbocycles. The molecular formula is C9H15NO4. The van der Waals surface area contributed by atoms with E-state index in [0.29, 0.717) is 12.8 Å². The van der Waals surface area contributed by atoms with Crippen LogP contribution >= 0.6 is 0 Å². The number of likely N-dealkylation sites (tertiary alicyclic amines) is 1. The van der Waals surface area contributed by atoms with E-state index in [1.165, 1.54) is 0 Å². The molecule has 1 rings (SSSR count). The van der Waals surface area contributed by atoms with E-state index in [4.69, 9.17) is 10.2 Å². The largest absolute Gasteiger partial charge is 0.394 e. The van der Waals surface area contributed by atoms with Crippen LogP contribution in [0.3, 0.4) is 0 Å². The van der Waals surface area contributed by atoms with Crippen molar-refractivity contribution >= 4 is 11.8 Å². The Balaban J connectivity index is 2.76. The van der Waals surface area contributed by atoms with E-state index in [2.05, 4.69) is 0 Å². The summed E-state index contributed by atoms with van der Waals surface area (Å²) in [7, 11) is 0. The van der Waals surface area contributed by atoms with Crippen molar-refractivity contribution in [2.24, 2.45) is 5.92 Å². The van der Waals surface area contributed by atoms with Crippen LogP contribution in [0, 0.1) is 5.92 Å². The van der Waals surface area contributed by atoms with Crippen molar-refractivity contribution in [1.82, 2.24) is 4.90 Å². The average molecular weight is 201 g/mol. The van der Waals surface area contributed by atoms with E-state index in [0.717, 1.165) is 4.90 Å². The topological polar surface area (TPSA) is 77.8 Å². The summed E-state index contributed by atoms with van der Waals surface area (Å²) in [5, 5.41) is 17.7. The van der Waals surface area contributed by atoms with Crippen molar-refractivity contribution in [3.05, 3.63) is 0 Å². The number of piperidine rings is 1. The Kier molecular flexibility index (Phi) is 3.60. The molecule has 2 N–H and O–H groups in total. The summed E-state index contributed by atoms with van der Waals surface area (Å²) in [5.74, 6) is -0.548. The highest BCUT2D eigenvalue weighted by molar-refractivity contribution is 5.98.